The number of carboxylic acid groups (broad SMARTS) is 1. The molecule has 0 amide bonds. The van der Waals surface area contributed by atoms with E-state index in [1.165, 1.54) is 12.1 Å². The molecule has 0 radical (unpaired) electrons. The Morgan fingerprint density at radius 1 is 1.05 bits per heavy atom. The summed E-state index contributed by atoms with van der Waals surface area (Å²) in [6, 6.07) is 5.58. The lowest BCUT2D eigenvalue weighted by atomic mass is 10.0. The van der Waals surface area contributed by atoms with Gasteiger partial charge in [0.25, 0.3) is 0 Å². The number of rotatable bonds is 5. The largest absolute Gasteiger partial charge is 0.478 e. The Hall–Kier alpha value is -1.51. The summed E-state index contributed by atoms with van der Waals surface area (Å²) in [7, 11) is 0. The molecule has 0 spiro atoms. The van der Waals surface area contributed by atoms with Crippen LogP contribution in [0.15, 0.2) is 24.3 Å². The molecule has 5 atom stereocenters. The minimum atomic E-state index is -1.30. The summed E-state index contributed by atoms with van der Waals surface area (Å²) in [6.45, 7) is -0.0392. The number of hydrogen-bond acceptors (Lipinski definition) is 6. The molecule has 116 valence electrons. The predicted octanol–water partition coefficient (Wildman–Crippen LogP) is -1.45. The minimum absolute atomic E-state index is 0.179. The van der Waals surface area contributed by atoms with E-state index >= 15 is 0 Å². The number of aliphatic hydroxyl groups excluding tert-OH is 4. The Bertz CT molecular complexity index is 491. The summed E-state index contributed by atoms with van der Waals surface area (Å²) in [5, 5.41) is 50.2. The fourth-order valence-electron chi connectivity index (χ4n) is 2.63. The molecular weight excluding hydrogens is 278 g/mol. The smallest absolute Gasteiger partial charge is 0.335 e. The summed E-state index contributed by atoms with van der Waals surface area (Å²) >= 11 is 0. The molecular formula is C14H19NO6. The van der Waals surface area contributed by atoms with Crippen molar-refractivity contribution in [3.8, 4) is 0 Å². The summed E-state index contributed by atoms with van der Waals surface area (Å²) < 4.78 is 0. The molecule has 0 unspecified atom stereocenters. The topological polar surface area (TPSA) is 130 Å². The molecule has 1 aliphatic carbocycles. The maximum absolute atomic E-state index is 10.7. The monoisotopic (exact) mass is 297 g/mol. The van der Waals surface area contributed by atoms with Crippen molar-refractivity contribution in [2.75, 3.05) is 6.61 Å². The summed E-state index contributed by atoms with van der Waals surface area (Å²) in [5.74, 6) is -1.67. The third kappa shape index (κ3) is 3.22. The van der Waals surface area contributed by atoms with Crippen molar-refractivity contribution >= 4 is 5.97 Å². The van der Waals surface area contributed by atoms with Crippen LogP contribution in [0.25, 0.3) is 0 Å². The number of aromatic carboxylic acids is 1. The summed E-state index contributed by atoms with van der Waals surface area (Å²) in [6.07, 6.45) is -3.65. The number of nitrogens with one attached hydrogen (secondary N) is 1. The Morgan fingerprint density at radius 3 is 2.19 bits per heavy atom. The first-order valence-corrected chi connectivity index (χ1v) is 6.66. The van der Waals surface area contributed by atoms with Crippen LogP contribution in [0.2, 0.25) is 0 Å². The highest BCUT2D eigenvalue weighted by Crippen LogP contribution is 2.27. The fraction of sp³-hybridized carbons (Fsp3) is 0.500. The molecule has 0 heterocycles. The van der Waals surface area contributed by atoms with E-state index in [0.717, 1.165) is 5.56 Å². The Morgan fingerprint density at radius 2 is 1.67 bits per heavy atom. The molecule has 2 rings (SSSR count). The Balaban J connectivity index is 2.00. The van der Waals surface area contributed by atoms with Crippen molar-refractivity contribution in [3.63, 3.8) is 0 Å². The molecule has 0 aliphatic heterocycles. The molecule has 0 aromatic heterocycles. The highest BCUT2D eigenvalue weighted by atomic mass is 16.4. The van der Waals surface area contributed by atoms with Crippen LogP contribution in [-0.2, 0) is 6.54 Å². The van der Waals surface area contributed by atoms with Gasteiger partial charge in [0.1, 0.15) is 6.10 Å². The van der Waals surface area contributed by atoms with E-state index in [-0.39, 0.29) is 12.2 Å². The van der Waals surface area contributed by atoms with Crippen LogP contribution in [0, 0.1) is 5.92 Å². The van der Waals surface area contributed by atoms with E-state index in [9.17, 15) is 25.2 Å². The molecule has 1 saturated carbocycles. The zero-order valence-corrected chi connectivity index (χ0v) is 11.3. The first-order chi connectivity index (χ1) is 9.95. The summed E-state index contributed by atoms with van der Waals surface area (Å²) in [4.78, 5) is 10.7. The van der Waals surface area contributed by atoms with Crippen LogP contribution >= 0.6 is 0 Å². The molecule has 7 nitrogen and oxygen atoms in total. The van der Waals surface area contributed by atoms with E-state index in [1.807, 2.05) is 0 Å². The van der Waals surface area contributed by atoms with Crippen molar-refractivity contribution in [1.29, 1.82) is 0 Å². The number of aliphatic hydroxyl groups is 4. The van der Waals surface area contributed by atoms with Gasteiger partial charge in [-0.2, -0.15) is 0 Å². The highest BCUT2D eigenvalue weighted by molar-refractivity contribution is 5.87. The molecule has 1 aromatic rings. The zero-order chi connectivity index (χ0) is 15.6. The average molecular weight is 297 g/mol. The van der Waals surface area contributed by atoms with Gasteiger partial charge < -0.3 is 30.8 Å². The van der Waals surface area contributed by atoms with Gasteiger partial charge in [-0.3, -0.25) is 0 Å². The van der Waals surface area contributed by atoms with Gasteiger partial charge in [0.15, 0.2) is 0 Å². The van der Waals surface area contributed by atoms with Gasteiger partial charge in [-0.1, -0.05) is 12.1 Å². The van der Waals surface area contributed by atoms with Gasteiger partial charge >= 0.3 is 5.97 Å². The van der Waals surface area contributed by atoms with Crippen molar-refractivity contribution in [2.45, 2.75) is 30.9 Å². The number of carbonyl (C=O) groups is 1. The first-order valence-electron chi connectivity index (χ1n) is 6.66. The van der Waals surface area contributed by atoms with Gasteiger partial charge in [-0.15, -0.1) is 0 Å². The second-order valence-corrected chi connectivity index (χ2v) is 5.23. The highest BCUT2D eigenvalue weighted by Gasteiger charge is 2.48. The average Bonchev–Trinajstić information content (AvgIpc) is 2.69. The quantitative estimate of drug-likeness (QED) is 0.392. The SMILES string of the molecule is O=C(O)c1ccc(CN[C@H]2[C@H](O)[C@@H](O)[C@H](O)[C@H]2CO)cc1. The standard InChI is InChI=1S/C14H19NO6/c16-6-9-10(12(18)13(19)11(9)17)15-5-7-1-3-8(4-2-7)14(20)21/h1-4,9-13,15-19H,5-6H2,(H,20,21)/t9-,10+,11+,12-,13-/m0/s1. The first kappa shape index (κ1) is 15.9. The number of hydrogen-bond donors (Lipinski definition) is 6. The van der Waals surface area contributed by atoms with Gasteiger partial charge in [-0.25, -0.2) is 4.79 Å². The third-order valence-electron chi connectivity index (χ3n) is 3.92. The van der Waals surface area contributed by atoms with E-state index in [2.05, 4.69) is 5.32 Å². The molecule has 0 saturated heterocycles. The lowest BCUT2D eigenvalue weighted by Crippen LogP contribution is -2.43. The van der Waals surface area contributed by atoms with Crippen LogP contribution in [0.5, 0.6) is 0 Å². The van der Waals surface area contributed by atoms with Crippen molar-refractivity contribution in [2.24, 2.45) is 5.92 Å². The summed E-state index contributed by atoms with van der Waals surface area (Å²) in [5.41, 5.74) is 0.971. The van der Waals surface area contributed by atoms with Crippen LogP contribution in [0.1, 0.15) is 15.9 Å². The van der Waals surface area contributed by atoms with Crippen molar-refractivity contribution < 1.29 is 30.3 Å². The zero-order valence-electron chi connectivity index (χ0n) is 11.3. The van der Waals surface area contributed by atoms with E-state index < -0.39 is 36.2 Å². The van der Waals surface area contributed by atoms with Crippen LogP contribution in [0.4, 0.5) is 0 Å². The Labute approximate surface area is 121 Å². The van der Waals surface area contributed by atoms with Gasteiger partial charge in [-0.05, 0) is 17.7 Å². The molecule has 1 aliphatic rings. The lowest BCUT2D eigenvalue weighted by Gasteiger charge is -2.22. The van der Waals surface area contributed by atoms with Crippen LogP contribution < -0.4 is 5.32 Å². The van der Waals surface area contributed by atoms with Gasteiger partial charge in [0.2, 0.25) is 0 Å². The fourth-order valence-corrected chi connectivity index (χ4v) is 2.63. The number of benzene rings is 1. The molecule has 21 heavy (non-hydrogen) atoms. The minimum Gasteiger partial charge on any atom is -0.478 e. The van der Waals surface area contributed by atoms with E-state index in [0.29, 0.717) is 6.54 Å². The van der Waals surface area contributed by atoms with Crippen LogP contribution in [-0.4, -0.2) is 62.5 Å². The molecule has 1 aromatic carbocycles. The van der Waals surface area contributed by atoms with E-state index in [1.54, 1.807) is 12.1 Å². The molecule has 1 fully saturated rings. The normalized spacial score (nSPS) is 32.3. The van der Waals surface area contributed by atoms with Crippen molar-refractivity contribution in [3.05, 3.63) is 35.4 Å². The second-order valence-electron chi connectivity index (χ2n) is 5.23. The maximum atomic E-state index is 10.7. The van der Waals surface area contributed by atoms with Crippen LogP contribution in [0.3, 0.4) is 0 Å². The third-order valence-corrected chi connectivity index (χ3v) is 3.92. The maximum Gasteiger partial charge on any atom is 0.335 e. The molecule has 7 heteroatoms. The Kier molecular flexibility index (Phi) is 4.92. The second kappa shape index (κ2) is 6.50. The van der Waals surface area contributed by atoms with E-state index in [4.69, 9.17) is 5.11 Å². The molecule has 6 N–H and O–H groups in total. The lowest BCUT2D eigenvalue weighted by molar-refractivity contribution is -0.0312. The predicted molar refractivity (Wildman–Crippen MR) is 72.6 cm³/mol. The van der Waals surface area contributed by atoms with Gasteiger partial charge in [0, 0.05) is 18.5 Å². The van der Waals surface area contributed by atoms with Gasteiger partial charge in [0.05, 0.1) is 24.4 Å². The molecule has 0 bridgehead atoms. The van der Waals surface area contributed by atoms with Crippen molar-refractivity contribution in [1.82, 2.24) is 5.32 Å². The number of carboxylic acids is 1.